The Morgan fingerprint density at radius 1 is 1.08 bits per heavy atom. The Morgan fingerprint density at radius 3 is 2.56 bits per heavy atom. The Kier molecular flexibility index (Phi) is 3.68. The summed E-state index contributed by atoms with van der Waals surface area (Å²) in [6, 6.07) is 9.15. The molecule has 1 fully saturated rings. The monoisotopic (exact) mass is 339 g/mol. The molecule has 3 heterocycles. The quantitative estimate of drug-likeness (QED) is 0.529. The molecule has 0 unspecified atom stereocenters. The molecule has 0 radical (unpaired) electrons. The van der Waals surface area contributed by atoms with Crippen molar-refractivity contribution in [1.29, 1.82) is 0 Å². The molecule has 1 aliphatic rings. The normalized spacial score (nSPS) is 14.9. The highest BCUT2D eigenvalue weighted by Crippen LogP contribution is 2.25. The highest BCUT2D eigenvalue weighted by Gasteiger charge is 2.20. The van der Waals surface area contributed by atoms with Crippen molar-refractivity contribution >= 4 is 22.8 Å². The summed E-state index contributed by atoms with van der Waals surface area (Å²) in [5, 5.41) is 23.3. The van der Waals surface area contributed by atoms with Crippen LogP contribution in [0.15, 0.2) is 36.7 Å². The Morgan fingerprint density at radius 2 is 1.84 bits per heavy atom. The minimum Gasteiger partial charge on any atom is -0.368 e. The summed E-state index contributed by atoms with van der Waals surface area (Å²) in [7, 11) is 0. The van der Waals surface area contributed by atoms with Crippen LogP contribution in [0.2, 0.25) is 0 Å². The van der Waals surface area contributed by atoms with Crippen molar-refractivity contribution in [2.24, 2.45) is 0 Å². The third kappa shape index (κ3) is 2.84. The summed E-state index contributed by atoms with van der Waals surface area (Å²) in [6.07, 6.45) is 1.59. The highest BCUT2D eigenvalue weighted by molar-refractivity contribution is 5.56. The van der Waals surface area contributed by atoms with Gasteiger partial charge in [0.2, 0.25) is 0 Å². The molecule has 0 saturated carbocycles. The van der Waals surface area contributed by atoms with E-state index < -0.39 is 0 Å². The molecule has 9 nitrogen and oxygen atoms in total. The van der Waals surface area contributed by atoms with Gasteiger partial charge in [0.05, 0.1) is 4.92 Å². The topological polar surface area (TPSA) is 92.7 Å². The first-order valence-corrected chi connectivity index (χ1v) is 8.04. The van der Waals surface area contributed by atoms with Crippen LogP contribution in [-0.4, -0.2) is 50.9 Å². The van der Waals surface area contributed by atoms with Gasteiger partial charge in [-0.15, -0.1) is 15.3 Å². The lowest BCUT2D eigenvalue weighted by molar-refractivity contribution is -0.385. The van der Waals surface area contributed by atoms with Gasteiger partial charge in [-0.25, -0.2) is 0 Å². The van der Waals surface area contributed by atoms with Crippen molar-refractivity contribution in [2.45, 2.75) is 6.92 Å². The van der Waals surface area contributed by atoms with Crippen molar-refractivity contribution < 1.29 is 4.92 Å². The minimum atomic E-state index is -0.343. The maximum Gasteiger partial charge on any atom is 0.272 e. The molecule has 2 aromatic heterocycles. The molecule has 3 aromatic rings. The summed E-state index contributed by atoms with van der Waals surface area (Å²) in [4.78, 5) is 15.1. The third-order valence-electron chi connectivity index (χ3n) is 4.49. The molecule has 0 bridgehead atoms. The third-order valence-corrected chi connectivity index (χ3v) is 4.49. The zero-order valence-electron chi connectivity index (χ0n) is 13.7. The van der Waals surface area contributed by atoms with Crippen LogP contribution in [0.4, 0.5) is 17.2 Å². The molecule has 0 aliphatic carbocycles. The lowest BCUT2D eigenvalue weighted by Gasteiger charge is -2.36. The molecule has 25 heavy (non-hydrogen) atoms. The van der Waals surface area contributed by atoms with Gasteiger partial charge < -0.3 is 9.80 Å². The fourth-order valence-corrected chi connectivity index (χ4v) is 3.12. The summed E-state index contributed by atoms with van der Waals surface area (Å²) in [6.45, 7) is 5.10. The number of nitro benzene ring substituents is 1. The summed E-state index contributed by atoms with van der Waals surface area (Å²) < 4.78 is 1.67. The van der Waals surface area contributed by atoms with Crippen molar-refractivity contribution in [1.82, 2.24) is 19.8 Å². The van der Waals surface area contributed by atoms with Gasteiger partial charge in [0.15, 0.2) is 5.65 Å². The molecule has 0 amide bonds. The molecule has 0 atom stereocenters. The Hall–Kier alpha value is -3.23. The average Bonchev–Trinajstić information content (AvgIpc) is 3.09. The average molecular weight is 339 g/mol. The van der Waals surface area contributed by atoms with E-state index in [1.54, 1.807) is 23.8 Å². The van der Waals surface area contributed by atoms with Crippen LogP contribution in [0.5, 0.6) is 0 Å². The van der Waals surface area contributed by atoms with Crippen molar-refractivity contribution in [3.8, 4) is 0 Å². The zero-order chi connectivity index (χ0) is 17.4. The number of benzene rings is 1. The fraction of sp³-hybridized carbons (Fsp3) is 0.312. The van der Waals surface area contributed by atoms with Gasteiger partial charge in [-0.05, 0) is 31.2 Å². The van der Waals surface area contributed by atoms with Crippen LogP contribution in [0.1, 0.15) is 5.56 Å². The van der Waals surface area contributed by atoms with Gasteiger partial charge in [-0.3, -0.25) is 10.1 Å². The number of nitro groups is 1. The number of piperazine rings is 1. The number of aromatic nitrogens is 4. The molecular formula is C16H17N7O2. The van der Waals surface area contributed by atoms with Gasteiger partial charge in [-0.2, -0.15) is 4.52 Å². The van der Waals surface area contributed by atoms with Crippen LogP contribution in [0.25, 0.3) is 5.65 Å². The smallest absolute Gasteiger partial charge is 0.272 e. The van der Waals surface area contributed by atoms with Gasteiger partial charge in [0.1, 0.15) is 12.1 Å². The number of anilines is 2. The first kappa shape index (κ1) is 15.3. The fourth-order valence-electron chi connectivity index (χ4n) is 3.12. The second-order valence-corrected chi connectivity index (χ2v) is 6.03. The second kappa shape index (κ2) is 6.00. The van der Waals surface area contributed by atoms with Gasteiger partial charge in [-0.1, -0.05) is 0 Å². The molecule has 1 aromatic carbocycles. The molecule has 1 aliphatic heterocycles. The number of rotatable bonds is 3. The Balaban J connectivity index is 1.47. The van der Waals surface area contributed by atoms with E-state index in [0.717, 1.165) is 43.3 Å². The van der Waals surface area contributed by atoms with Crippen LogP contribution >= 0.6 is 0 Å². The molecule has 128 valence electrons. The van der Waals surface area contributed by atoms with Gasteiger partial charge in [0, 0.05) is 43.5 Å². The SMILES string of the molecule is Cc1cc(N2CCN(c3ccc4nncn4n3)CC2)ccc1[N+](=O)[O-]. The first-order valence-electron chi connectivity index (χ1n) is 8.04. The van der Waals surface area contributed by atoms with Crippen LogP contribution in [-0.2, 0) is 0 Å². The van der Waals surface area contributed by atoms with E-state index in [2.05, 4.69) is 25.1 Å². The molecule has 9 heteroatoms. The number of hydrogen-bond acceptors (Lipinski definition) is 7. The van der Waals surface area contributed by atoms with Crippen LogP contribution in [0, 0.1) is 17.0 Å². The first-order chi connectivity index (χ1) is 12.1. The lowest BCUT2D eigenvalue weighted by Crippen LogP contribution is -2.47. The Bertz CT molecular complexity index is 931. The van der Waals surface area contributed by atoms with E-state index in [1.165, 1.54) is 0 Å². The predicted molar refractivity (Wildman–Crippen MR) is 93.0 cm³/mol. The molecule has 0 spiro atoms. The standard InChI is InChI=1S/C16H17N7O2/c1-12-10-13(2-3-14(12)23(24)25)20-6-8-21(9-7-20)16-5-4-15-18-17-11-22(15)19-16/h2-5,10-11H,6-9H2,1H3. The maximum atomic E-state index is 11.0. The van der Waals surface area contributed by atoms with Crippen LogP contribution < -0.4 is 9.80 Å². The number of nitrogens with zero attached hydrogens (tertiary/aromatic N) is 7. The Labute approximate surface area is 143 Å². The predicted octanol–water partition coefficient (Wildman–Crippen LogP) is 1.67. The maximum absolute atomic E-state index is 11.0. The molecule has 4 rings (SSSR count). The number of aryl methyl sites for hydroxylation is 1. The van der Waals surface area contributed by atoms with Crippen LogP contribution in [0.3, 0.4) is 0 Å². The van der Waals surface area contributed by atoms with Gasteiger partial charge >= 0.3 is 0 Å². The van der Waals surface area contributed by atoms with Crippen molar-refractivity contribution in [3.63, 3.8) is 0 Å². The van der Waals surface area contributed by atoms with Crippen molar-refractivity contribution in [2.75, 3.05) is 36.0 Å². The van der Waals surface area contributed by atoms with E-state index in [4.69, 9.17) is 0 Å². The number of fused-ring (bicyclic) bond motifs is 1. The van der Waals surface area contributed by atoms with Crippen molar-refractivity contribution in [3.05, 3.63) is 52.3 Å². The molecule has 0 N–H and O–H groups in total. The van der Waals surface area contributed by atoms with E-state index >= 15 is 0 Å². The highest BCUT2D eigenvalue weighted by atomic mass is 16.6. The van der Waals surface area contributed by atoms with E-state index in [9.17, 15) is 10.1 Å². The summed E-state index contributed by atoms with van der Waals surface area (Å²) in [5.41, 5.74) is 2.59. The summed E-state index contributed by atoms with van der Waals surface area (Å²) >= 11 is 0. The largest absolute Gasteiger partial charge is 0.368 e. The van der Waals surface area contributed by atoms with E-state index in [0.29, 0.717) is 5.56 Å². The lowest BCUT2D eigenvalue weighted by atomic mass is 10.1. The van der Waals surface area contributed by atoms with Gasteiger partial charge in [0.25, 0.3) is 5.69 Å². The second-order valence-electron chi connectivity index (χ2n) is 6.03. The molecule has 1 saturated heterocycles. The summed E-state index contributed by atoms with van der Waals surface area (Å²) in [5.74, 6) is 0.895. The number of hydrogen-bond donors (Lipinski definition) is 0. The van der Waals surface area contributed by atoms with E-state index in [-0.39, 0.29) is 10.6 Å². The molecular weight excluding hydrogens is 322 g/mol. The minimum absolute atomic E-state index is 0.161. The van der Waals surface area contributed by atoms with E-state index in [1.807, 2.05) is 24.3 Å². The zero-order valence-corrected chi connectivity index (χ0v) is 13.7.